The van der Waals surface area contributed by atoms with E-state index in [-0.39, 0.29) is 7.43 Å². The molecule has 0 bridgehead atoms. The maximum atomic E-state index is 5.58. The molecule has 224 valence electrons. The summed E-state index contributed by atoms with van der Waals surface area (Å²) in [5.74, 6) is 1.74. The van der Waals surface area contributed by atoms with Crippen LogP contribution in [-0.2, 0) is 4.74 Å². The van der Waals surface area contributed by atoms with Gasteiger partial charge < -0.3 is 9.47 Å². The first-order valence-corrected chi connectivity index (χ1v) is 15.3. The normalized spacial score (nSPS) is 7.95. The Bertz CT molecular complexity index is 761. The first-order valence-electron chi connectivity index (χ1n) is 14.5. The predicted octanol–water partition coefficient (Wildman–Crippen LogP) is 13.1. The second-order valence-corrected chi connectivity index (χ2v) is 7.38. The predicted molar refractivity (Wildman–Crippen MR) is 184 cm³/mol. The molecule has 2 nitrogen and oxygen atoms in total. The SMILES string of the molecule is C.CC.CC.CC.CC.CCOCC.c1ccc(Oc2ccccc2)cc1.c1ccc(Sc2ccccc2)cc1. The van der Waals surface area contributed by atoms with Crippen LogP contribution in [0.2, 0.25) is 0 Å². The number of para-hydroxylation sites is 2. The van der Waals surface area contributed by atoms with E-state index in [1.807, 2.05) is 142 Å². The van der Waals surface area contributed by atoms with Crippen molar-refractivity contribution in [3.63, 3.8) is 0 Å². The molecule has 0 saturated carbocycles. The minimum atomic E-state index is 0. The molecular weight excluding hydrogens is 508 g/mol. The van der Waals surface area contributed by atoms with Crippen LogP contribution in [0.3, 0.4) is 0 Å². The number of hydrogen-bond donors (Lipinski definition) is 0. The molecule has 0 aromatic heterocycles. The average molecular weight is 567 g/mol. The number of hydrogen-bond acceptors (Lipinski definition) is 3. The Kier molecular flexibility index (Phi) is 42.0. The average Bonchev–Trinajstić information content (AvgIpc) is 3.04. The summed E-state index contributed by atoms with van der Waals surface area (Å²) in [6, 6.07) is 40.3. The molecule has 0 aliphatic rings. The van der Waals surface area contributed by atoms with E-state index in [4.69, 9.17) is 9.47 Å². The van der Waals surface area contributed by atoms with Crippen molar-refractivity contribution in [2.45, 2.75) is 86.5 Å². The molecule has 0 saturated heterocycles. The summed E-state index contributed by atoms with van der Waals surface area (Å²) in [6.07, 6.45) is 0. The maximum absolute atomic E-state index is 5.58. The molecule has 0 unspecified atom stereocenters. The van der Waals surface area contributed by atoms with Crippen LogP contribution in [0.4, 0.5) is 0 Å². The van der Waals surface area contributed by atoms with Crippen LogP contribution in [-0.4, -0.2) is 13.2 Å². The van der Waals surface area contributed by atoms with E-state index < -0.39 is 0 Å². The molecule has 0 aliphatic heterocycles. The summed E-state index contributed by atoms with van der Waals surface area (Å²) in [4.78, 5) is 2.57. The smallest absolute Gasteiger partial charge is 0.127 e. The third-order valence-electron chi connectivity index (χ3n) is 3.85. The van der Waals surface area contributed by atoms with Crippen molar-refractivity contribution in [1.82, 2.24) is 0 Å². The van der Waals surface area contributed by atoms with E-state index in [1.54, 1.807) is 11.8 Å². The van der Waals surface area contributed by atoms with Gasteiger partial charge in [0.05, 0.1) is 0 Å². The first kappa shape index (κ1) is 44.0. The lowest BCUT2D eigenvalue weighted by Gasteiger charge is -2.03. The Balaban J connectivity index is -0.000000226. The summed E-state index contributed by atoms with van der Waals surface area (Å²) in [5.41, 5.74) is 0. The van der Waals surface area contributed by atoms with Crippen molar-refractivity contribution in [2.75, 3.05) is 13.2 Å². The van der Waals surface area contributed by atoms with Crippen LogP contribution < -0.4 is 4.74 Å². The van der Waals surface area contributed by atoms with Crippen molar-refractivity contribution < 1.29 is 9.47 Å². The fraction of sp³-hybridized carbons (Fsp3) is 0.351. The zero-order valence-corrected chi connectivity index (χ0v) is 27.0. The van der Waals surface area contributed by atoms with Gasteiger partial charge >= 0.3 is 0 Å². The Morgan fingerprint density at radius 3 is 0.900 bits per heavy atom. The molecule has 4 rings (SSSR count). The highest BCUT2D eigenvalue weighted by atomic mass is 32.2. The van der Waals surface area contributed by atoms with Crippen molar-refractivity contribution in [3.05, 3.63) is 121 Å². The van der Waals surface area contributed by atoms with Crippen molar-refractivity contribution in [1.29, 1.82) is 0 Å². The van der Waals surface area contributed by atoms with Crippen molar-refractivity contribution >= 4 is 11.8 Å². The van der Waals surface area contributed by atoms with E-state index in [0.29, 0.717) is 0 Å². The van der Waals surface area contributed by atoms with Gasteiger partial charge in [-0.1, -0.05) is 147 Å². The van der Waals surface area contributed by atoms with Gasteiger partial charge in [-0.05, 0) is 62.4 Å². The summed E-state index contributed by atoms with van der Waals surface area (Å²) in [6.45, 7) is 21.7. The largest absolute Gasteiger partial charge is 0.457 e. The van der Waals surface area contributed by atoms with Crippen LogP contribution in [0.25, 0.3) is 0 Å². The zero-order valence-electron chi connectivity index (χ0n) is 26.2. The number of rotatable bonds is 6. The molecule has 0 atom stereocenters. The molecule has 40 heavy (non-hydrogen) atoms. The van der Waals surface area contributed by atoms with E-state index in [2.05, 4.69) is 48.5 Å². The summed E-state index contributed by atoms with van der Waals surface area (Å²) in [7, 11) is 0. The van der Waals surface area contributed by atoms with Crippen LogP contribution in [0.5, 0.6) is 11.5 Å². The Hall–Kier alpha value is -3.01. The highest BCUT2D eigenvalue weighted by molar-refractivity contribution is 7.99. The number of ether oxygens (including phenoxy) is 2. The van der Waals surface area contributed by atoms with Crippen LogP contribution in [0, 0.1) is 0 Å². The van der Waals surface area contributed by atoms with Crippen molar-refractivity contribution in [2.24, 2.45) is 0 Å². The lowest BCUT2D eigenvalue weighted by molar-refractivity contribution is 0.162. The van der Waals surface area contributed by atoms with Gasteiger partial charge in [0.1, 0.15) is 11.5 Å². The van der Waals surface area contributed by atoms with E-state index >= 15 is 0 Å². The van der Waals surface area contributed by atoms with E-state index in [0.717, 1.165) is 24.7 Å². The molecule has 0 radical (unpaired) electrons. The summed E-state index contributed by atoms with van der Waals surface area (Å²) in [5, 5.41) is 0. The maximum Gasteiger partial charge on any atom is 0.127 e. The van der Waals surface area contributed by atoms with Gasteiger partial charge in [0.2, 0.25) is 0 Å². The lowest BCUT2D eigenvalue weighted by Crippen LogP contribution is -1.84. The fourth-order valence-corrected chi connectivity index (χ4v) is 3.29. The number of benzene rings is 4. The lowest BCUT2D eigenvalue weighted by atomic mass is 10.3. The minimum Gasteiger partial charge on any atom is -0.457 e. The Morgan fingerprint density at radius 1 is 0.425 bits per heavy atom. The van der Waals surface area contributed by atoms with Crippen LogP contribution in [0.1, 0.15) is 76.7 Å². The van der Waals surface area contributed by atoms with Gasteiger partial charge in [0.25, 0.3) is 0 Å². The topological polar surface area (TPSA) is 18.5 Å². The molecule has 4 aromatic carbocycles. The van der Waals surface area contributed by atoms with E-state index in [1.165, 1.54) is 9.79 Å². The van der Waals surface area contributed by atoms with Crippen molar-refractivity contribution in [3.8, 4) is 11.5 Å². The second-order valence-electron chi connectivity index (χ2n) is 6.24. The molecule has 0 amide bonds. The van der Waals surface area contributed by atoms with E-state index in [9.17, 15) is 0 Å². The van der Waals surface area contributed by atoms with Gasteiger partial charge in [-0.25, -0.2) is 0 Å². The molecular formula is C37H58O2S. The highest BCUT2D eigenvalue weighted by Gasteiger charge is 1.94. The molecule has 0 spiro atoms. The van der Waals surface area contributed by atoms with Gasteiger partial charge in [0.15, 0.2) is 0 Å². The Labute approximate surface area is 253 Å². The summed E-state index contributed by atoms with van der Waals surface area (Å²) >= 11 is 1.79. The summed E-state index contributed by atoms with van der Waals surface area (Å²) < 4.78 is 10.4. The third kappa shape index (κ3) is 26.6. The molecule has 3 heteroatoms. The molecule has 4 aromatic rings. The highest BCUT2D eigenvalue weighted by Crippen LogP contribution is 2.26. The Morgan fingerprint density at radius 2 is 0.675 bits per heavy atom. The van der Waals surface area contributed by atoms with Gasteiger partial charge in [-0.2, -0.15) is 0 Å². The second kappa shape index (κ2) is 38.1. The first-order chi connectivity index (χ1) is 19.3. The monoisotopic (exact) mass is 566 g/mol. The quantitative estimate of drug-likeness (QED) is 0.231. The molecule has 0 N–H and O–H groups in total. The fourth-order valence-electron chi connectivity index (χ4n) is 2.43. The molecule has 0 fully saturated rings. The minimum absolute atomic E-state index is 0. The van der Waals surface area contributed by atoms with Crippen LogP contribution >= 0.6 is 11.8 Å². The van der Waals surface area contributed by atoms with Gasteiger partial charge in [-0.15, -0.1) is 0 Å². The van der Waals surface area contributed by atoms with Gasteiger partial charge in [0, 0.05) is 23.0 Å². The zero-order chi connectivity index (χ0) is 30.0. The molecule has 0 aliphatic carbocycles. The third-order valence-corrected chi connectivity index (χ3v) is 4.87. The van der Waals surface area contributed by atoms with Gasteiger partial charge in [-0.3, -0.25) is 0 Å². The standard InChI is InChI=1S/C12H10O.C12H10S.C4H10O.4C2H6.CH4/c2*1-3-7-11(8-4-1)13-12-9-5-2-6-10-12;1-3-5-4-2;4*1-2;/h2*1-10H;3-4H2,1-2H3;4*1-2H3;1H4. The van der Waals surface area contributed by atoms with Crippen LogP contribution in [0.15, 0.2) is 131 Å². The molecule has 0 heterocycles.